The van der Waals surface area contributed by atoms with Gasteiger partial charge in [-0.3, -0.25) is 4.79 Å². The van der Waals surface area contributed by atoms with Crippen LogP contribution in [0.3, 0.4) is 0 Å². The molecule has 0 aromatic heterocycles. The number of carbonyl (C=O) groups excluding carboxylic acids is 1. The van der Waals surface area contributed by atoms with Gasteiger partial charge in [-0.15, -0.1) is 12.4 Å². The van der Waals surface area contributed by atoms with E-state index in [1.807, 2.05) is 0 Å². The second-order valence-electron chi connectivity index (χ2n) is 6.18. The molecule has 1 amide bonds. The molecule has 0 radical (unpaired) electrons. The van der Waals surface area contributed by atoms with Crippen LogP contribution in [-0.2, 0) is 4.79 Å². The number of amides is 1. The SMILES string of the molecule is Cc1cccc(OC(F)F)c1NC(=O)C1CC12CCNCC2.Cl. The van der Waals surface area contributed by atoms with Gasteiger partial charge in [-0.05, 0) is 56.3 Å². The Morgan fingerprint density at radius 3 is 2.74 bits per heavy atom. The minimum atomic E-state index is -2.91. The van der Waals surface area contributed by atoms with Gasteiger partial charge in [0.2, 0.25) is 5.91 Å². The van der Waals surface area contributed by atoms with Crippen LogP contribution in [0.25, 0.3) is 0 Å². The molecule has 1 aliphatic heterocycles. The first kappa shape index (κ1) is 17.9. The maximum Gasteiger partial charge on any atom is 0.387 e. The summed E-state index contributed by atoms with van der Waals surface area (Å²) in [6.07, 6.45) is 2.88. The molecule has 128 valence electrons. The monoisotopic (exact) mass is 346 g/mol. The first-order chi connectivity index (χ1) is 10.5. The summed E-state index contributed by atoms with van der Waals surface area (Å²) in [7, 11) is 0. The Morgan fingerprint density at radius 2 is 2.09 bits per heavy atom. The number of halogens is 3. The van der Waals surface area contributed by atoms with E-state index in [0.717, 1.165) is 32.4 Å². The number of hydrogen-bond donors (Lipinski definition) is 2. The second-order valence-corrected chi connectivity index (χ2v) is 6.18. The Balaban J connectivity index is 0.00000192. The highest BCUT2D eigenvalue weighted by Gasteiger charge is 2.57. The van der Waals surface area contributed by atoms with Crippen molar-refractivity contribution in [3.8, 4) is 5.75 Å². The maximum absolute atomic E-state index is 12.5. The highest BCUT2D eigenvalue weighted by Crippen LogP contribution is 2.59. The van der Waals surface area contributed by atoms with E-state index < -0.39 is 6.61 Å². The van der Waals surface area contributed by atoms with E-state index in [4.69, 9.17) is 0 Å². The first-order valence-electron chi connectivity index (χ1n) is 7.58. The third-order valence-electron chi connectivity index (χ3n) is 4.80. The lowest BCUT2D eigenvalue weighted by Crippen LogP contribution is -2.31. The summed E-state index contributed by atoms with van der Waals surface area (Å²) < 4.78 is 29.5. The summed E-state index contributed by atoms with van der Waals surface area (Å²) in [5.74, 6) is -0.0905. The molecule has 4 nitrogen and oxygen atoms in total. The Labute approximate surface area is 140 Å². The number of para-hydroxylation sites is 1. The summed E-state index contributed by atoms with van der Waals surface area (Å²) in [5, 5.41) is 6.09. The third-order valence-corrected chi connectivity index (χ3v) is 4.80. The third kappa shape index (κ3) is 3.75. The molecule has 1 saturated heterocycles. The molecule has 1 aromatic carbocycles. The average molecular weight is 347 g/mol. The number of benzene rings is 1. The fourth-order valence-electron chi connectivity index (χ4n) is 3.40. The molecular formula is C16H21ClF2N2O2. The largest absolute Gasteiger partial charge is 0.433 e. The molecule has 1 saturated carbocycles. The standard InChI is InChI=1S/C16H20F2N2O2.ClH/c1-10-3-2-4-12(22-15(17)18)13(10)20-14(21)11-9-16(11)5-7-19-8-6-16;/h2-4,11,15,19H,5-9H2,1H3,(H,20,21);1H. The highest BCUT2D eigenvalue weighted by atomic mass is 35.5. The van der Waals surface area contributed by atoms with Gasteiger partial charge in [0.15, 0.2) is 0 Å². The van der Waals surface area contributed by atoms with Crippen LogP contribution >= 0.6 is 12.4 Å². The van der Waals surface area contributed by atoms with E-state index >= 15 is 0 Å². The molecule has 1 heterocycles. The molecular weight excluding hydrogens is 326 g/mol. The molecule has 7 heteroatoms. The zero-order chi connectivity index (χ0) is 15.7. The Kier molecular flexibility index (Phi) is 5.47. The highest BCUT2D eigenvalue weighted by molar-refractivity contribution is 5.97. The number of nitrogens with one attached hydrogen (secondary N) is 2. The molecule has 1 unspecified atom stereocenters. The van der Waals surface area contributed by atoms with Gasteiger partial charge in [-0.2, -0.15) is 8.78 Å². The van der Waals surface area contributed by atoms with Crippen molar-refractivity contribution in [2.24, 2.45) is 11.3 Å². The van der Waals surface area contributed by atoms with Crippen LogP contribution in [0.5, 0.6) is 5.75 Å². The molecule has 1 spiro atoms. The van der Waals surface area contributed by atoms with Gasteiger partial charge in [0.1, 0.15) is 5.75 Å². The Morgan fingerprint density at radius 1 is 1.39 bits per heavy atom. The van der Waals surface area contributed by atoms with Gasteiger partial charge >= 0.3 is 6.61 Å². The van der Waals surface area contributed by atoms with Crippen molar-refractivity contribution in [2.45, 2.75) is 32.8 Å². The van der Waals surface area contributed by atoms with E-state index in [1.165, 1.54) is 6.07 Å². The molecule has 2 N–H and O–H groups in total. The van der Waals surface area contributed by atoms with Crippen molar-refractivity contribution in [2.75, 3.05) is 18.4 Å². The normalized spacial score (nSPS) is 21.7. The quantitative estimate of drug-likeness (QED) is 0.879. The van der Waals surface area contributed by atoms with Gasteiger partial charge in [0, 0.05) is 5.92 Å². The number of piperidine rings is 1. The van der Waals surface area contributed by atoms with Crippen LogP contribution in [0.1, 0.15) is 24.8 Å². The molecule has 2 aliphatic rings. The Bertz CT molecular complexity index is 577. The number of rotatable bonds is 4. The number of aryl methyl sites for hydroxylation is 1. The summed E-state index contributed by atoms with van der Waals surface area (Å²) in [6.45, 7) is 0.734. The van der Waals surface area contributed by atoms with Crippen LogP contribution in [0.2, 0.25) is 0 Å². The smallest absolute Gasteiger partial charge is 0.387 e. The van der Waals surface area contributed by atoms with Gasteiger partial charge in [0.05, 0.1) is 5.69 Å². The van der Waals surface area contributed by atoms with Crippen molar-refractivity contribution >= 4 is 24.0 Å². The predicted octanol–water partition coefficient (Wildman–Crippen LogP) is 3.35. The number of hydrogen-bond acceptors (Lipinski definition) is 3. The number of alkyl halides is 2. The van der Waals surface area contributed by atoms with E-state index in [2.05, 4.69) is 15.4 Å². The van der Waals surface area contributed by atoms with Crippen molar-refractivity contribution in [3.63, 3.8) is 0 Å². The predicted molar refractivity (Wildman–Crippen MR) is 86.3 cm³/mol. The molecule has 23 heavy (non-hydrogen) atoms. The summed E-state index contributed by atoms with van der Waals surface area (Å²) in [6, 6.07) is 4.84. The van der Waals surface area contributed by atoms with E-state index in [9.17, 15) is 13.6 Å². The van der Waals surface area contributed by atoms with Crippen LogP contribution in [0.15, 0.2) is 18.2 Å². The van der Waals surface area contributed by atoms with Crippen molar-refractivity contribution in [3.05, 3.63) is 23.8 Å². The zero-order valence-electron chi connectivity index (χ0n) is 12.9. The summed E-state index contributed by atoms with van der Waals surface area (Å²) >= 11 is 0. The molecule has 0 bridgehead atoms. The molecule has 1 atom stereocenters. The maximum atomic E-state index is 12.5. The second kappa shape index (κ2) is 7.01. The van der Waals surface area contributed by atoms with Crippen molar-refractivity contribution in [1.29, 1.82) is 0 Å². The van der Waals surface area contributed by atoms with Crippen molar-refractivity contribution < 1.29 is 18.3 Å². The van der Waals surface area contributed by atoms with E-state index in [0.29, 0.717) is 11.3 Å². The topological polar surface area (TPSA) is 50.4 Å². The molecule has 1 aromatic rings. The fraction of sp³-hybridized carbons (Fsp3) is 0.562. The minimum Gasteiger partial charge on any atom is -0.433 e. The average Bonchev–Trinajstić information content (AvgIpc) is 3.16. The summed E-state index contributed by atoms with van der Waals surface area (Å²) in [5.41, 5.74) is 1.18. The fourth-order valence-corrected chi connectivity index (χ4v) is 3.40. The van der Waals surface area contributed by atoms with Gasteiger partial charge < -0.3 is 15.4 Å². The number of anilines is 1. The molecule has 3 rings (SSSR count). The van der Waals surface area contributed by atoms with Crippen LogP contribution in [0, 0.1) is 18.3 Å². The lowest BCUT2D eigenvalue weighted by atomic mass is 9.91. The first-order valence-corrected chi connectivity index (χ1v) is 7.58. The van der Waals surface area contributed by atoms with E-state index in [-0.39, 0.29) is 35.4 Å². The van der Waals surface area contributed by atoms with Crippen LogP contribution in [0.4, 0.5) is 14.5 Å². The van der Waals surface area contributed by atoms with Crippen LogP contribution in [-0.4, -0.2) is 25.6 Å². The van der Waals surface area contributed by atoms with E-state index in [1.54, 1.807) is 19.1 Å². The van der Waals surface area contributed by atoms with Gasteiger partial charge in [-0.25, -0.2) is 0 Å². The number of carbonyl (C=O) groups is 1. The molecule has 2 fully saturated rings. The number of ether oxygens (including phenoxy) is 1. The van der Waals surface area contributed by atoms with Gasteiger partial charge in [0.25, 0.3) is 0 Å². The lowest BCUT2D eigenvalue weighted by Gasteiger charge is -2.23. The lowest BCUT2D eigenvalue weighted by molar-refractivity contribution is -0.118. The van der Waals surface area contributed by atoms with Crippen LogP contribution < -0.4 is 15.4 Å². The zero-order valence-corrected chi connectivity index (χ0v) is 13.7. The summed E-state index contributed by atoms with van der Waals surface area (Å²) in [4.78, 5) is 12.5. The van der Waals surface area contributed by atoms with Crippen molar-refractivity contribution in [1.82, 2.24) is 5.32 Å². The minimum absolute atomic E-state index is 0. The Hall–Kier alpha value is -1.40. The molecule has 1 aliphatic carbocycles. The van der Waals surface area contributed by atoms with Gasteiger partial charge in [-0.1, -0.05) is 12.1 Å².